The molecule has 6 aromatic rings. The molecular formula is C22H15BrN8. The molecule has 2 aromatic carbocycles. The summed E-state index contributed by atoms with van der Waals surface area (Å²) in [7, 11) is 0. The van der Waals surface area contributed by atoms with E-state index in [-0.39, 0.29) is 0 Å². The van der Waals surface area contributed by atoms with E-state index in [2.05, 4.69) is 48.3 Å². The molecule has 0 N–H and O–H groups in total. The van der Waals surface area contributed by atoms with Crippen molar-refractivity contribution in [2.45, 2.75) is 6.54 Å². The van der Waals surface area contributed by atoms with Gasteiger partial charge in [-0.15, -0.1) is 5.10 Å². The Morgan fingerprint density at radius 3 is 2.65 bits per heavy atom. The van der Waals surface area contributed by atoms with Crippen molar-refractivity contribution in [1.29, 1.82) is 0 Å². The van der Waals surface area contributed by atoms with Crippen LogP contribution in [0, 0.1) is 0 Å². The van der Waals surface area contributed by atoms with Crippen molar-refractivity contribution in [3.63, 3.8) is 0 Å². The smallest absolute Gasteiger partial charge is 0.182 e. The van der Waals surface area contributed by atoms with Gasteiger partial charge in [-0.05, 0) is 39.7 Å². The fraction of sp³-hybridized carbons (Fsp3) is 0.0455. The Hall–Kier alpha value is -3.85. The highest BCUT2D eigenvalue weighted by molar-refractivity contribution is 9.10. The molecule has 0 atom stereocenters. The summed E-state index contributed by atoms with van der Waals surface area (Å²) in [5.41, 5.74) is 4.48. The van der Waals surface area contributed by atoms with Crippen LogP contribution in [0.3, 0.4) is 0 Å². The molecule has 150 valence electrons. The SMILES string of the molecule is Brc1cnn(Cc2cccc(-c3nc4c5cnn(-c6ccccc6)c5ncn4n3)c2)c1. The molecule has 0 saturated heterocycles. The van der Waals surface area contributed by atoms with Gasteiger partial charge in [0.15, 0.2) is 17.1 Å². The second kappa shape index (κ2) is 7.13. The monoisotopic (exact) mass is 470 g/mol. The molecule has 6 rings (SSSR count). The maximum Gasteiger partial charge on any atom is 0.182 e. The van der Waals surface area contributed by atoms with Gasteiger partial charge >= 0.3 is 0 Å². The standard InChI is InChI=1S/C22H15BrN8/c23-17-10-25-29(13-17)12-15-5-4-6-16(9-15)20-27-22-19-11-26-31(18-7-2-1-3-8-18)21(19)24-14-30(22)28-20/h1-11,13-14H,12H2. The van der Waals surface area contributed by atoms with Gasteiger partial charge in [0, 0.05) is 11.8 Å². The van der Waals surface area contributed by atoms with Crippen LogP contribution in [0.2, 0.25) is 0 Å². The number of rotatable bonds is 4. The molecule has 0 amide bonds. The molecule has 0 saturated carbocycles. The first-order valence-electron chi connectivity index (χ1n) is 9.66. The lowest BCUT2D eigenvalue weighted by Crippen LogP contribution is -2.00. The summed E-state index contributed by atoms with van der Waals surface area (Å²) in [6.07, 6.45) is 7.19. The molecule has 4 heterocycles. The third-order valence-electron chi connectivity index (χ3n) is 5.04. The highest BCUT2D eigenvalue weighted by atomic mass is 79.9. The molecule has 0 radical (unpaired) electrons. The molecule has 0 unspecified atom stereocenters. The fourth-order valence-corrected chi connectivity index (χ4v) is 3.95. The van der Waals surface area contributed by atoms with Gasteiger partial charge in [0.1, 0.15) is 6.33 Å². The largest absolute Gasteiger partial charge is 0.267 e. The number of fused-ring (bicyclic) bond motifs is 3. The van der Waals surface area contributed by atoms with E-state index in [0.717, 1.165) is 38.0 Å². The summed E-state index contributed by atoms with van der Waals surface area (Å²) >= 11 is 3.43. The van der Waals surface area contributed by atoms with Crippen LogP contribution in [0.15, 0.2) is 84.0 Å². The van der Waals surface area contributed by atoms with Gasteiger partial charge in [-0.25, -0.2) is 19.2 Å². The predicted octanol–water partition coefficient (Wildman–Crippen LogP) is 4.14. The highest BCUT2D eigenvalue weighted by Crippen LogP contribution is 2.23. The van der Waals surface area contributed by atoms with Gasteiger partial charge in [0.2, 0.25) is 0 Å². The van der Waals surface area contributed by atoms with Gasteiger partial charge in [0.05, 0.1) is 34.5 Å². The molecule has 9 heteroatoms. The molecule has 0 bridgehead atoms. The van der Waals surface area contributed by atoms with Crippen molar-refractivity contribution in [3.05, 3.63) is 89.6 Å². The van der Waals surface area contributed by atoms with Crippen LogP contribution < -0.4 is 0 Å². The van der Waals surface area contributed by atoms with Crippen molar-refractivity contribution < 1.29 is 0 Å². The minimum Gasteiger partial charge on any atom is -0.267 e. The summed E-state index contributed by atoms with van der Waals surface area (Å²) in [6, 6.07) is 18.1. The first-order chi connectivity index (χ1) is 15.2. The molecule has 0 fully saturated rings. The summed E-state index contributed by atoms with van der Waals surface area (Å²) in [5.74, 6) is 0.644. The molecule has 0 spiro atoms. The van der Waals surface area contributed by atoms with Gasteiger partial charge in [-0.3, -0.25) is 4.68 Å². The van der Waals surface area contributed by atoms with Crippen LogP contribution in [0.25, 0.3) is 33.8 Å². The first-order valence-corrected chi connectivity index (χ1v) is 10.5. The second-order valence-corrected chi connectivity index (χ2v) is 8.05. The third kappa shape index (κ3) is 3.19. The van der Waals surface area contributed by atoms with E-state index in [1.54, 1.807) is 23.2 Å². The minimum absolute atomic E-state index is 0.644. The lowest BCUT2D eigenvalue weighted by Gasteiger charge is -2.03. The Kier molecular flexibility index (Phi) is 4.13. The molecule has 8 nitrogen and oxygen atoms in total. The lowest BCUT2D eigenvalue weighted by molar-refractivity contribution is 0.687. The van der Waals surface area contributed by atoms with Crippen molar-refractivity contribution >= 4 is 32.6 Å². The maximum absolute atomic E-state index is 4.80. The third-order valence-corrected chi connectivity index (χ3v) is 5.45. The van der Waals surface area contributed by atoms with Gasteiger partial charge < -0.3 is 0 Å². The van der Waals surface area contributed by atoms with Gasteiger partial charge in [-0.2, -0.15) is 10.2 Å². The van der Waals surface area contributed by atoms with E-state index < -0.39 is 0 Å². The number of hydrogen-bond donors (Lipinski definition) is 0. The zero-order valence-corrected chi connectivity index (χ0v) is 17.8. The fourth-order valence-electron chi connectivity index (χ4n) is 3.62. The Balaban J connectivity index is 1.41. The summed E-state index contributed by atoms with van der Waals surface area (Å²) in [4.78, 5) is 9.37. The van der Waals surface area contributed by atoms with Crippen LogP contribution in [0.1, 0.15) is 5.56 Å². The van der Waals surface area contributed by atoms with E-state index >= 15 is 0 Å². The summed E-state index contributed by atoms with van der Waals surface area (Å²) < 4.78 is 6.35. The Morgan fingerprint density at radius 1 is 0.903 bits per heavy atom. The van der Waals surface area contributed by atoms with Crippen LogP contribution in [0.5, 0.6) is 0 Å². The summed E-state index contributed by atoms with van der Waals surface area (Å²) in [5, 5.41) is 14.3. The highest BCUT2D eigenvalue weighted by Gasteiger charge is 2.14. The van der Waals surface area contributed by atoms with E-state index in [4.69, 9.17) is 4.98 Å². The average molecular weight is 471 g/mol. The number of benzene rings is 2. The van der Waals surface area contributed by atoms with E-state index in [1.165, 1.54) is 0 Å². The molecule has 31 heavy (non-hydrogen) atoms. The Bertz CT molecular complexity index is 1530. The quantitative estimate of drug-likeness (QED) is 0.386. The molecular weight excluding hydrogens is 456 g/mol. The van der Waals surface area contributed by atoms with Crippen molar-refractivity contribution in [2.75, 3.05) is 0 Å². The minimum atomic E-state index is 0.644. The first kappa shape index (κ1) is 18.0. The van der Waals surface area contributed by atoms with E-state index in [0.29, 0.717) is 12.4 Å². The van der Waals surface area contributed by atoms with Crippen molar-refractivity contribution in [1.82, 2.24) is 39.1 Å². The molecule has 0 aliphatic rings. The maximum atomic E-state index is 4.80. The Morgan fingerprint density at radius 2 is 1.81 bits per heavy atom. The molecule has 4 aromatic heterocycles. The number of aromatic nitrogens is 8. The summed E-state index contributed by atoms with van der Waals surface area (Å²) in [6.45, 7) is 0.669. The van der Waals surface area contributed by atoms with Crippen LogP contribution in [-0.4, -0.2) is 39.1 Å². The van der Waals surface area contributed by atoms with Crippen LogP contribution in [-0.2, 0) is 6.54 Å². The van der Waals surface area contributed by atoms with Crippen molar-refractivity contribution in [3.8, 4) is 17.1 Å². The molecule has 0 aliphatic heterocycles. The number of para-hydroxylation sites is 1. The predicted molar refractivity (Wildman–Crippen MR) is 120 cm³/mol. The number of halogens is 1. The van der Waals surface area contributed by atoms with Gasteiger partial charge in [0.25, 0.3) is 0 Å². The normalized spacial score (nSPS) is 11.5. The zero-order valence-electron chi connectivity index (χ0n) is 16.2. The van der Waals surface area contributed by atoms with E-state index in [9.17, 15) is 0 Å². The average Bonchev–Trinajstić information content (AvgIpc) is 3.52. The lowest BCUT2D eigenvalue weighted by atomic mass is 10.1. The Labute approximate surface area is 184 Å². The van der Waals surface area contributed by atoms with Crippen LogP contribution >= 0.6 is 15.9 Å². The topological polar surface area (TPSA) is 78.7 Å². The van der Waals surface area contributed by atoms with Crippen molar-refractivity contribution in [2.24, 2.45) is 0 Å². The van der Waals surface area contributed by atoms with E-state index in [1.807, 2.05) is 58.0 Å². The number of hydrogen-bond acceptors (Lipinski definition) is 5. The zero-order chi connectivity index (χ0) is 20.8. The number of nitrogens with zero attached hydrogens (tertiary/aromatic N) is 8. The van der Waals surface area contributed by atoms with Crippen LogP contribution in [0.4, 0.5) is 0 Å². The molecule has 0 aliphatic carbocycles. The van der Waals surface area contributed by atoms with Gasteiger partial charge in [-0.1, -0.05) is 36.4 Å². The second-order valence-electron chi connectivity index (χ2n) is 7.13.